The lowest BCUT2D eigenvalue weighted by Crippen LogP contribution is -1.75. The molecule has 0 saturated heterocycles. The van der Waals surface area contributed by atoms with Crippen molar-refractivity contribution in [1.29, 1.82) is 0 Å². The first-order valence-electron chi connectivity index (χ1n) is 3.18. The van der Waals surface area contributed by atoms with E-state index in [4.69, 9.17) is 4.74 Å². The van der Waals surface area contributed by atoms with Crippen molar-refractivity contribution < 1.29 is 4.74 Å². The van der Waals surface area contributed by atoms with Gasteiger partial charge in [0.2, 0.25) is 0 Å². The minimum Gasteiger partial charge on any atom is -0.501 e. The molecule has 0 aliphatic carbocycles. The van der Waals surface area contributed by atoms with Crippen LogP contribution in [-0.2, 0) is 4.74 Å². The van der Waals surface area contributed by atoms with Crippen LogP contribution in [0.1, 0.15) is 20.3 Å². The Morgan fingerprint density at radius 1 is 1.56 bits per heavy atom. The van der Waals surface area contributed by atoms with Crippen molar-refractivity contribution in [3.63, 3.8) is 0 Å². The molecule has 0 rings (SSSR count). The summed E-state index contributed by atoms with van der Waals surface area (Å²) in [5.41, 5.74) is 0. The molecule has 0 spiro atoms. The van der Waals surface area contributed by atoms with Crippen LogP contribution in [-0.4, -0.2) is 7.11 Å². The molecule has 0 unspecified atom stereocenters. The maximum Gasteiger partial charge on any atom is 0.0924 e. The van der Waals surface area contributed by atoms with Gasteiger partial charge in [0, 0.05) is 0 Å². The summed E-state index contributed by atoms with van der Waals surface area (Å²) >= 11 is 0. The summed E-state index contributed by atoms with van der Waals surface area (Å²) in [4.78, 5) is 0. The van der Waals surface area contributed by atoms with Crippen molar-refractivity contribution in [2.75, 3.05) is 7.11 Å². The van der Waals surface area contributed by atoms with E-state index in [-0.39, 0.29) is 0 Å². The van der Waals surface area contributed by atoms with E-state index < -0.39 is 0 Å². The highest BCUT2D eigenvalue weighted by molar-refractivity contribution is 5.05. The summed E-state index contributed by atoms with van der Waals surface area (Å²) < 4.78 is 4.91. The fraction of sp³-hybridized carbons (Fsp3) is 0.500. The van der Waals surface area contributed by atoms with Crippen LogP contribution in [0.2, 0.25) is 0 Å². The maximum atomic E-state index is 4.91. The molecule has 0 atom stereocenters. The van der Waals surface area contributed by atoms with Crippen molar-refractivity contribution in [1.82, 2.24) is 0 Å². The molecule has 0 bridgehead atoms. The van der Waals surface area contributed by atoms with Crippen LogP contribution in [0.15, 0.2) is 24.0 Å². The second-order valence-corrected chi connectivity index (χ2v) is 1.82. The van der Waals surface area contributed by atoms with E-state index in [1.165, 1.54) is 0 Å². The molecule has 0 aliphatic heterocycles. The van der Waals surface area contributed by atoms with E-state index >= 15 is 0 Å². The van der Waals surface area contributed by atoms with E-state index in [1.54, 1.807) is 7.11 Å². The topological polar surface area (TPSA) is 9.23 Å². The van der Waals surface area contributed by atoms with Crippen LogP contribution in [0.3, 0.4) is 0 Å². The summed E-state index contributed by atoms with van der Waals surface area (Å²) in [6.45, 7) is 4.03. The normalized spacial score (nSPS) is 12.6. The molecule has 0 fully saturated rings. The molecule has 0 aromatic rings. The lowest BCUT2D eigenvalue weighted by Gasteiger charge is -1.93. The third-order valence-corrected chi connectivity index (χ3v) is 1.02. The van der Waals surface area contributed by atoms with Crippen molar-refractivity contribution in [3.05, 3.63) is 24.0 Å². The third kappa shape index (κ3) is 5.15. The minimum absolute atomic E-state index is 0.944. The van der Waals surface area contributed by atoms with Gasteiger partial charge in [0.15, 0.2) is 0 Å². The molecule has 9 heavy (non-hydrogen) atoms. The molecule has 0 amide bonds. The Balaban J connectivity index is 3.55. The molecule has 0 aromatic carbocycles. The molecule has 1 heteroatoms. The molecular weight excluding hydrogens is 112 g/mol. The predicted molar refractivity (Wildman–Crippen MR) is 40.2 cm³/mol. The van der Waals surface area contributed by atoms with Crippen LogP contribution in [0, 0.1) is 0 Å². The van der Waals surface area contributed by atoms with Gasteiger partial charge < -0.3 is 4.74 Å². The first kappa shape index (κ1) is 8.28. The summed E-state index contributed by atoms with van der Waals surface area (Å²) in [7, 11) is 1.67. The smallest absolute Gasteiger partial charge is 0.0924 e. The molecule has 1 nitrogen and oxygen atoms in total. The van der Waals surface area contributed by atoms with Crippen molar-refractivity contribution in [2.45, 2.75) is 20.3 Å². The summed E-state index contributed by atoms with van der Waals surface area (Å²) in [6, 6.07) is 0. The van der Waals surface area contributed by atoms with Gasteiger partial charge in [-0.25, -0.2) is 0 Å². The van der Waals surface area contributed by atoms with Crippen LogP contribution in [0.4, 0.5) is 0 Å². The van der Waals surface area contributed by atoms with Gasteiger partial charge in [-0.3, -0.25) is 0 Å². The van der Waals surface area contributed by atoms with Crippen LogP contribution >= 0.6 is 0 Å². The number of hydrogen-bond donors (Lipinski definition) is 0. The lowest BCUT2D eigenvalue weighted by atomic mass is 10.4. The average Bonchev–Trinajstić information content (AvgIpc) is 1.89. The predicted octanol–water partition coefficient (Wildman–Crippen LogP) is 2.50. The Kier molecular flexibility index (Phi) is 4.98. The van der Waals surface area contributed by atoms with Gasteiger partial charge >= 0.3 is 0 Å². The number of rotatable bonds is 3. The largest absolute Gasteiger partial charge is 0.501 e. The third-order valence-electron chi connectivity index (χ3n) is 1.02. The maximum absolute atomic E-state index is 4.91. The molecule has 0 heterocycles. The van der Waals surface area contributed by atoms with Gasteiger partial charge in [-0.2, -0.15) is 0 Å². The zero-order valence-electron chi connectivity index (χ0n) is 6.35. The molecular formula is C8H14O. The molecule has 0 aliphatic rings. The minimum atomic E-state index is 0.944. The SMILES string of the molecule is CCC=CC=C(C)OC. The highest BCUT2D eigenvalue weighted by Gasteiger charge is 1.76. The quantitative estimate of drug-likeness (QED) is 0.417. The highest BCUT2D eigenvalue weighted by atomic mass is 16.5. The molecule has 0 radical (unpaired) electrons. The zero-order chi connectivity index (χ0) is 7.11. The van der Waals surface area contributed by atoms with E-state index in [9.17, 15) is 0 Å². The van der Waals surface area contributed by atoms with E-state index in [1.807, 2.05) is 19.1 Å². The zero-order valence-corrected chi connectivity index (χ0v) is 6.35. The van der Waals surface area contributed by atoms with E-state index in [2.05, 4.69) is 13.0 Å². The second-order valence-electron chi connectivity index (χ2n) is 1.82. The van der Waals surface area contributed by atoms with Gasteiger partial charge in [-0.05, 0) is 19.4 Å². The van der Waals surface area contributed by atoms with Gasteiger partial charge in [-0.1, -0.05) is 19.1 Å². The Hall–Kier alpha value is -0.720. The number of ether oxygens (including phenoxy) is 1. The molecule has 0 aromatic heterocycles. The summed E-state index contributed by atoms with van der Waals surface area (Å²) in [6.07, 6.45) is 7.11. The second kappa shape index (κ2) is 5.42. The van der Waals surface area contributed by atoms with E-state index in [0.717, 1.165) is 12.2 Å². The number of hydrogen-bond acceptors (Lipinski definition) is 1. The van der Waals surface area contributed by atoms with Gasteiger partial charge in [0.25, 0.3) is 0 Å². The molecule has 52 valence electrons. The van der Waals surface area contributed by atoms with Crippen molar-refractivity contribution >= 4 is 0 Å². The standard InChI is InChI=1S/C8H14O/c1-4-5-6-7-8(2)9-3/h5-7H,4H2,1-3H3. The van der Waals surface area contributed by atoms with Crippen LogP contribution in [0.25, 0.3) is 0 Å². The van der Waals surface area contributed by atoms with Crippen LogP contribution < -0.4 is 0 Å². The van der Waals surface area contributed by atoms with Crippen molar-refractivity contribution in [3.8, 4) is 0 Å². The van der Waals surface area contributed by atoms with Crippen LogP contribution in [0.5, 0.6) is 0 Å². The summed E-state index contributed by atoms with van der Waals surface area (Å²) in [5.74, 6) is 0.944. The van der Waals surface area contributed by atoms with Crippen molar-refractivity contribution in [2.24, 2.45) is 0 Å². The van der Waals surface area contributed by atoms with Gasteiger partial charge in [0.05, 0.1) is 12.9 Å². The Morgan fingerprint density at radius 2 is 2.22 bits per heavy atom. The number of allylic oxidation sites excluding steroid dienone is 4. The highest BCUT2D eigenvalue weighted by Crippen LogP contribution is 1.92. The first-order valence-corrected chi connectivity index (χ1v) is 3.18. The monoisotopic (exact) mass is 126 g/mol. The molecule has 0 N–H and O–H groups in total. The fourth-order valence-corrected chi connectivity index (χ4v) is 0.408. The number of methoxy groups -OCH3 is 1. The Bertz CT molecular complexity index is 112. The Morgan fingerprint density at radius 3 is 2.67 bits per heavy atom. The average molecular weight is 126 g/mol. The van der Waals surface area contributed by atoms with E-state index in [0.29, 0.717) is 0 Å². The first-order chi connectivity index (χ1) is 4.31. The fourth-order valence-electron chi connectivity index (χ4n) is 0.408. The molecule has 0 saturated carbocycles. The lowest BCUT2D eigenvalue weighted by molar-refractivity contribution is 0.294. The van der Waals surface area contributed by atoms with Gasteiger partial charge in [0.1, 0.15) is 0 Å². The summed E-state index contributed by atoms with van der Waals surface area (Å²) in [5, 5.41) is 0. The van der Waals surface area contributed by atoms with Gasteiger partial charge in [-0.15, -0.1) is 0 Å². The Labute approximate surface area is 57.0 Å².